The van der Waals surface area contributed by atoms with Crippen molar-refractivity contribution in [3.63, 3.8) is 0 Å². The molecule has 6 heteroatoms. The van der Waals surface area contributed by atoms with Crippen LogP contribution in [-0.2, 0) is 16.0 Å². The number of halogens is 1. The summed E-state index contributed by atoms with van der Waals surface area (Å²) in [6, 6.07) is 11.9. The van der Waals surface area contributed by atoms with E-state index < -0.39 is 12.0 Å². The molecule has 2 aromatic carbocycles. The van der Waals surface area contributed by atoms with Crippen molar-refractivity contribution in [2.75, 3.05) is 13.7 Å². The van der Waals surface area contributed by atoms with Crippen molar-refractivity contribution < 1.29 is 19.1 Å². The highest BCUT2D eigenvalue weighted by Gasteiger charge is 2.22. The Hall–Kier alpha value is -2.53. The second kappa shape index (κ2) is 7.57. The second-order valence-corrected chi connectivity index (χ2v) is 6.16. The maximum Gasteiger partial charge on any atom is 0.307 e. The maximum atomic E-state index is 12.7. The largest absolute Gasteiger partial charge is 0.493 e. The van der Waals surface area contributed by atoms with Gasteiger partial charge in [-0.1, -0.05) is 29.8 Å². The van der Waals surface area contributed by atoms with Gasteiger partial charge >= 0.3 is 5.97 Å². The molecule has 0 aliphatic carbocycles. The zero-order valence-electron chi connectivity index (χ0n) is 13.8. The lowest BCUT2D eigenvalue weighted by atomic mass is 10.0. The fraction of sp³-hybridized carbons (Fsp3) is 0.263. The van der Waals surface area contributed by atoms with Gasteiger partial charge in [-0.05, 0) is 35.4 Å². The first-order chi connectivity index (χ1) is 12.1. The van der Waals surface area contributed by atoms with Crippen LogP contribution in [0.15, 0.2) is 42.5 Å². The molecule has 1 aliphatic rings. The number of hydrogen-bond donors (Lipinski definition) is 1. The molecular formula is C19H18ClNO4. The Morgan fingerprint density at radius 2 is 2.08 bits per heavy atom. The van der Waals surface area contributed by atoms with E-state index in [2.05, 4.69) is 5.32 Å². The van der Waals surface area contributed by atoms with Crippen LogP contribution in [-0.4, -0.2) is 25.6 Å². The van der Waals surface area contributed by atoms with Crippen molar-refractivity contribution in [2.45, 2.75) is 18.9 Å². The first-order valence-electron chi connectivity index (χ1n) is 7.96. The van der Waals surface area contributed by atoms with Crippen LogP contribution in [0.1, 0.15) is 33.9 Å². The second-order valence-electron chi connectivity index (χ2n) is 5.75. The van der Waals surface area contributed by atoms with Crippen LogP contribution in [0.25, 0.3) is 0 Å². The number of nitrogens with one attached hydrogen (secondary N) is 1. The first kappa shape index (κ1) is 17.3. The zero-order chi connectivity index (χ0) is 17.8. The Labute approximate surface area is 150 Å². The Kier molecular flexibility index (Phi) is 5.24. The lowest BCUT2D eigenvalue weighted by Crippen LogP contribution is -2.30. The van der Waals surface area contributed by atoms with E-state index in [0.29, 0.717) is 22.8 Å². The molecule has 1 amide bonds. The molecule has 0 unspecified atom stereocenters. The summed E-state index contributed by atoms with van der Waals surface area (Å²) >= 11 is 6.23. The van der Waals surface area contributed by atoms with Crippen molar-refractivity contribution in [3.05, 3.63) is 64.2 Å². The normalized spacial score (nSPS) is 13.5. The lowest BCUT2D eigenvalue weighted by molar-refractivity contribution is -0.141. The smallest absolute Gasteiger partial charge is 0.307 e. The SMILES string of the molecule is COC(=O)C[C@H](NC(=O)c1ccc2c(c1)CCO2)c1ccccc1Cl. The van der Waals surface area contributed by atoms with Gasteiger partial charge in [0.15, 0.2) is 0 Å². The quantitative estimate of drug-likeness (QED) is 0.832. The van der Waals surface area contributed by atoms with Gasteiger partial charge in [0, 0.05) is 17.0 Å². The van der Waals surface area contributed by atoms with E-state index in [9.17, 15) is 9.59 Å². The van der Waals surface area contributed by atoms with Crippen molar-refractivity contribution in [2.24, 2.45) is 0 Å². The van der Waals surface area contributed by atoms with Crippen molar-refractivity contribution in [3.8, 4) is 5.75 Å². The molecule has 0 bridgehead atoms. The van der Waals surface area contributed by atoms with E-state index in [1.807, 2.05) is 12.1 Å². The Morgan fingerprint density at radius 3 is 2.84 bits per heavy atom. The van der Waals surface area contributed by atoms with Gasteiger partial charge in [0.25, 0.3) is 5.91 Å². The van der Waals surface area contributed by atoms with Crippen LogP contribution in [0.5, 0.6) is 5.75 Å². The maximum absolute atomic E-state index is 12.7. The first-order valence-corrected chi connectivity index (χ1v) is 8.34. The lowest BCUT2D eigenvalue weighted by Gasteiger charge is -2.19. The third kappa shape index (κ3) is 3.94. The number of carbonyl (C=O) groups is 2. The number of rotatable bonds is 5. The molecule has 3 rings (SSSR count). The molecule has 0 saturated carbocycles. The molecular weight excluding hydrogens is 342 g/mol. The standard InChI is InChI=1S/C19H18ClNO4/c1-24-18(22)11-16(14-4-2-3-5-15(14)20)21-19(23)13-6-7-17-12(10-13)8-9-25-17/h2-7,10,16H,8-9,11H2,1H3,(H,21,23)/t16-/m0/s1. The summed E-state index contributed by atoms with van der Waals surface area (Å²) in [6.07, 6.45) is 0.784. The number of esters is 1. The molecule has 1 atom stereocenters. The molecule has 25 heavy (non-hydrogen) atoms. The number of methoxy groups -OCH3 is 1. The highest BCUT2D eigenvalue weighted by atomic mass is 35.5. The molecule has 5 nitrogen and oxygen atoms in total. The summed E-state index contributed by atoms with van der Waals surface area (Å²) in [6.45, 7) is 0.630. The number of amides is 1. The molecule has 1 heterocycles. The van der Waals surface area contributed by atoms with Crippen LogP contribution in [0.2, 0.25) is 5.02 Å². The fourth-order valence-corrected chi connectivity index (χ4v) is 3.08. The number of benzene rings is 2. The van der Waals surface area contributed by atoms with Gasteiger partial charge in [-0.2, -0.15) is 0 Å². The molecule has 0 spiro atoms. The molecule has 1 N–H and O–H groups in total. The van der Waals surface area contributed by atoms with Crippen molar-refractivity contribution in [1.82, 2.24) is 5.32 Å². The van der Waals surface area contributed by atoms with E-state index in [4.69, 9.17) is 21.1 Å². The molecule has 2 aromatic rings. The summed E-state index contributed by atoms with van der Waals surface area (Å²) in [5.41, 5.74) is 2.20. The van der Waals surface area contributed by atoms with Crippen LogP contribution in [0, 0.1) is 0 Å². The van der Waals surface area contributed by atoms with Gasteiger partial charge in [0.05, 0.1) is 26.2 Å². The molecule has 0 aromatic heterocycles. The minimum Gasteiger partial charge on any atom is -0.493 e. The monoisotopic (exact) mass is 359 g/mol. The summed E-state index contributed by atoms with van der Waals surface area (Å²) in [4.78, 5) is 24.4. The minimum atomic E-state index is -0.571. The minimum absolute atomic E-state index is 0.0000250. The number of carbonyl (C=O) groups excluding carboxylic acids is 2. The van der Waals surface area contributed by atoms with E-state index in [0.717, 1.165) is 17.7 Å². The third-order valence-corrected chi connectivity index (χ3v) is 4.48. The summed E-state index contributed by atoms with van der Waals surface area (Å²) in [5.74, 6) is 0.116. The summed E-state index contributed by atoms with van der Waals surface area (Å²) in [7, 11) is 1.31. The third-order valence-electron chi connectivity index (χ3n) is 4.14. The van der Waals surface area contributed by atoms with Crippen molar-refractivity contribution >= 4 is 23.5 Å². The van der Waals surface area contributed by atoms with Gasteiger partial charge in [-0.25, -0.2) is 0 Å². The number of fused-ring (bicyclic) bond motifs is 1. The van der Waals surface area contributed by atoms with Crippen LogP contribution in [0.3, 0.4) is 0 Å². The predicted octanol–water partition coefficient (Wildman–Crippen LogP) is 3.31. The van der Waals surface area contributed by atoms with Crippen molar-refractivity contribution in [1.29, 1.82) is 0 Å². The fourth-order valence-electron chi connectivity index (χ4n) is 2.82. The van der Waals surface area contributed by atoms with Gasteiger partial charge in [-0.15, -0.1) is 0 Å². The van der Waals surface area contributed by atoms with Gasteiger partial charge in [0.2, 0.25) is 0 Å². The van der Waals surface area contributed by atoms with Gasteiger partial charge in [-0.3, -0.25) is 9.59 Å². The molecule has 0 radical (unpaired) electrons. The molecule has 0 saturated heterocycles. The predicted molar refractivity (Wildman–Crippen MR) is 93.9 cm³/mol. The Bertz CT molecular complexity index is 806. The topological polar surface area (TPSA) is 64.6 Å². The van der Waals surface area contributed by atoms with E-state index in [1.165, 1.54) is 7.11 Å². The number of hydrogen-bond acceptors (Lipinski definition) is 4. The van der Waals surface area contributed by atoms with Crippen LogP contribution in [0.4, 0.5) is 0 Å². The average Bonchev–Trinajstić information content (AvgIpc) is 3.09. The average molecular weight is 360 g/mol. The van der Waals surface area contributed by atoms with E-state index in [1.54, 1.807) is 30.3 Å². The van der Waals surface area contributed by atoms with Gasteiger partial charge in [0.1, 0.15) is 5.75 Å². The van der Waals surface area contributed by atoms with Gasteiger partial charge < -0.3 is 14.8 Å². The van der Waals surface area contributed by atoms with E-state index in [-0.39, 0.29) is 12.3 Å². The molecule has 1 aliphatic heterocycles. The summed E-state index contributed by atoms with van der Waals surface area (Å²) in [5, 5.41) is 3.37. The molecule has 0 fully saturated rings. The van der Waals surface area contributed by atoms with Crippen LogP contribution >= 0.6 is 11.6 Å². The highest BCUT2D eigenvalue weighted by molar-refractivity contribution is 6.31. The number of ether oxygens (including phenoxy) is 2. The summed E-state index contributed by atoms with van der Waals surface area (Å²) < 4.78 is 10.2. The Morgan fingerprint density at radius 1 is 1.28 bits per heavy atom. The van der Waals surface area contributed by atoms with Crippen LogP contribution < -0.4 is 10.1 Å². The van der Waals surface area contributed by atoms with E-state index >= 15 is 0 Å². The molecule has 130 valence electrons. The zero-order valence-corrected chi connectivity index (χ0v) is 14.5. The Balaban J connectivity index is 1.83. The highest BCUT2D eigenvalue weighted by Crippen LogP contribution is 2.28.